The van der Waals surface area contributed by atoms with E-state index in [0.717, 1.165) is 17.8 Å². The summed E-state index contributed by atoms with van der Waals surface area (Å²) >= 11 is 1.71. The Labute approximate surface area is 77.8 Å². The average Bonchev–Trinajstić information content (AvgIpc) is 2.51. The van der Waals surface area contributed by atoms with Gasteiger partial charge in [-0.05, 0) is 19.8 Å². The summed E-state index contributed by atoms with van der Waals surface area (Å²) < 4.78 is 0. The number of hydrogen-bond donors (Lipinski definition) is 1. The van der Waals surface area contributed by atoms with E-state index in [4.69, 9.17) is 5.73 Å². The second-order valence-corrected chi connectivity index (χ2v) is 4.37. The van der Waals surface area contributed by atoms with E-state index in [-0.39, 0.29) is 5.54 Å². The molecular formula is C9H16N2S. The number of hydrogen-bond acceptors (Lipinski definition) is 3. The number of rotatable bonds is 3. The first-order chi connectivity index (χ1) is 5.62. The molecule has 0 saturated carbocycles. The molecule has 68 valence electrons. The molecular weight excluding hydrogens is 168 g/mol. The van der Waals surface area contributed by atoms with Crippen LogP contribution in [0.3, 0.4) is 0 Å². The predicted molar refractivity (Wildman–Crippen MR) is 53.3 cm³/mol. The van der Waals surface area contributed by atoms with Crippen molar-refractivity contribution in [2.24, 2.45) is 5.73 Å². The zero-order chi connectivity index (χ0) is 9.19. The molecule has 12 heavy (non-hydrogen) atoms. The van der Waals surface area contributed by atoms with E-state index >= 15 is 0 Å². The van der Waals surface area contributed by atoms with E-state index in [1.165, 1.54) is 4.88 Å². The van der Waals surface area contributed by atoms with Crippen LogP contribution in [0.2, 0.25) is 0 Å². The summed E-state index contributed by atoms with van der Waals surface area (Å²) in [5, 5.41) is 1.07. The van der Waals surface area contributed by atoms with E-state index in [9.17, 15) is 0 Å². The zero-order valence-electron chi connectivity index (χ0n) is 7.92. The van der Waals surface area contributed by atoms with Crippen LogP contribution in [0.4, 0.5) is 0 Å². The van der Waals surface area contributed by atoms with Gasteiger partial charge in [0.05, 0.1) is 5.54 Å². The van der Waals surface area contributed by atoms with Crippen LogP contribution in [0, 0.1) is 6.92 Å². The Morgan fingerprint density at radius 3 is 2.42 bits per heavy atom. The fourth-order valence-corrected chi connectivity index (χ4v) is 2.15. The third-order valence-corrected chi connectivity index (χ3v) is 3.44. The summed E-state index contributed by atoms with van der Waals surface area (Å²) in [6.45, 7) is 6.29. The molecule has 1 aromatic heterocycles. The van der Waals surface area contributed by atoms with E-state index in [0.29, 0.717) is 0 Å². The molecule has 0 aliphatic carbocycles. The van der Waals surface area contributed by atoms with Crippen molar-refractivity contribution in [3.63, 3.8) is 0 Å². The topological polar surface area (TPSA) is 38.9 Å². The van der Waals surface area contributed by atoms with Gasteiger partial charge in [-0.3, -0.25) is 0 Å². The lowest BCUT2D eigenvalue weighted by molar-refractivity contribution is 0.411. The summed E-state index contributed by atoms with van der Waals surface area (Å²) in [7, 11) is 0. The summed E-state index contributed by atoms with van der Waals surface area (Å²) in [4.78, 5) is 5.56. The van der Waals surface area contributed by atoms with Gasteiger partial charge in [-0.2, -0.15) is 0 Å². The highest BCUT2D eigenvalue weighted by atomic mass is 32.1. The maximum absolute atomic E-state index is 6.18. The number of aryl methyl sites for hydroxylation is 1. The maximum Gasteiger partial charge on any atom is 0.113 e. The first kappa shape index (κ1) is 9.68. The standard InChI is InChI=1S/C9H16N2S/c1-4-9(10,5-2)8-11-6-7(3)12-8/h6H,4-5,10H2,1-3H3. The molecule has 0 spiro atoms. The Morgan fingerprint density at radius 1 is 1.50 bits per heavy atom. The Balaban J connectivity index is 2.94. The third-order valence-electron chi connectivity index (χ3n) is 2.31. The van der Waals surface area contributed by atoms with Crippen LogP contribution in [0.5, 0.6) is 0 Å². The fraction of sp³-hybridized carbons (Fsp3) is 0.667. The SMILES string of the molecule is CCC(N)(CC)c1ncc(C)s1. The number of nitrogens with zero attached hydrogens (tertiary/aromatic N) is 1. The van der Waals surface area contributed by atoms with Gasteiger partial charge in [0, 0.05) is 11.1 Å². The van der Waals surface area contributed by atoms with Gasteiger partial charge in [-0.15, -0.1) is 11.3 Å². The first-order valence-corrected chi connectivity index (χ1v) is 5.16. The van der Waals surface area contributed by atoms with Gasteiger partial charge in [0.25, 0.3) is 0 Å². The van der Waals surface area contributed by atoms with E-state index in [1.54, 1.807) is 11.3 Å². The molecule has 0 aliphatic heterocycles. The highest BCUT2D eigenvalue weighted by Crippen LogP contribution is 2.28. The van der Waals surface area contributed by atoms with Crippen LogP contribution < -0.4 is 5.73 Å². The lowest BCUT2D eigenvalue weighted by Gasteiger charge is -2.23. The molecule has 1 aromatic rings. The Hall–Kier alpha value is -0.410. The highest BCUT2D eigenvalue weighted by molar-refractivity contribution is 7.11. The molecule has 0 amide bonds. The van der Waals surface area contributed by atoms with Gasteiger partial charge in [0.15, 0.2) is 0 Å². The van der Waals surface area contributed by atoms with Gasteiger partial charge < -0.3 is 5.73 Å². The molecule has 0 aromatic carbocycles. The molecule has 1 rings (SSSR count). The van der Waals surface area contributed by atoms with E-state index in [1.807, 2.05) is 6.20 Å². The molecule has 0 fully saturated rings. The fourth-order valence-electron chi connectivity index (χ4n) is 1.14. The smallest absolute Gasteiger partial charge is 0.113 e. The quantitative estimate of drug-likeness (QED) is 0.783. The minimum absolute atomic E-state index is 0.196. The third kappa shape index (κ3) is 1.67. The molecule has 2 N–H and O–H groups in total. The molecule has 1 heterocycles. The molecule has 0 bridgehead atoms. The van der Waals surface area contributed by atoms with E-state index < -0.39 is 0 Å². The minimum Gasteiger partial charge on any atom is -0.319 e. The predicted octanol–water partition coefficient (Wildman–Crippen LogP) is 2.43. The molecule has 0 atom stereocenters. The van der Waals surface area contributed by atoms with Crippen LogP contribution in [-0.4, -0.2) is 4.98 Å². The monoisotopic (exact) mass is 184 g/mol. The normalized spacial score (nSPS) is 12.0. The van der Waals surface area contributed by atoms with Crippen LogP contribution >= 0.6 is 11.3 Å². The zero-order valence-corrected chi connectivity index (χ0v) is 8.74. The Bertz CT molecular complexity index is 251. The molecule has 0 unspecified atom stereocenters. The van der Waals surface area contributed by atoms with Crippen molar-refractivity contribution in [2.75, 3.05) is 0 Å². The number of nitrogens with two attached hydrogens (primary N) is 1. The number of aromatic nitrogens is 1. The van der Waals surface area contributed by atoms with Gasteiger partial charge >= 0.3 is 0 Å². The van der Waals surface area contributed by atoms with Crippen LogP contribution in [0.15, 0.2) is 6.20 Å². The highest BCUT2D eigenvalue weighted by Gasteiger charge is 2.25. The second-order valence-electron chi connectivity index (χ2n) is 3.14. The van der Waals surface area contributed by atoms with Crippen molar-refractivity contribution in [2.45, 2.75) is 39.2 Å². The van der Waals surface area contributed by atoms with Crippen molar-refractivity contribution in [3.8, 4) is 0 Å². The van der Waals surface area contributed by atoms with Crippen molar-refractivity contribution < 1.29 is 0 Å². The molecule has 0 aliphatic rings. The Morgan fingerprint density at radius 2 is 2.08 bits per heavy atom. The lowest BCUT2D eigenvalue weighted by atomic mass is 9.95. The number of thiazole rings is 1. The van der Waals surface area contributed by atoms with Crippen LogP contribution in [-0.2, 0) is 5.54 Å². The van der Waals surface area contributed by atoms with Crippen molar-refractivity contribution in [3.05, 3.63) is 16.1 Å². The second kappa shape index (κ2) is 3.54. The lowest BCUT2D eigenvalue weighted by Crippen LogP contribution is -2.34. The summed E-state index contributed by atoms with van der Waals surface area (Å²) in [6, 6.07) is 0. The maximum atomic E-state index is 6.18. The minimum atomic E-state index is -0.196. The average molecular weight is 184 g/mol. The van der Waals surface area contributed by atoms with Gasteiger partial charge in [0.2, 0.25) is 0 Å². The summed E-state index contributed by atoms with van der Waals surface area (Å²) in [6.07, 6.45) is 3.81. The van der Waals surface area contributed by atoms with Gasteiger partial charge in [0.1, 0.15) is 5.01 Å². The Kier molecular flexibility index (Phi) is 2.85. The van der Waals surface area contributed by atoms with Gasteiger partial charge in [-0.1, -0.05) is 13.8 Å². The molecule has 3 heteroatoms. The van der Waals surface area contributed by atoms with Crippen LogP contribution in [0.1, 0.15) is 36.6 Å². The molecule has 0 saturated heterocycles. The molecule has 2 nitrogen and oxygen atoms in total. The van der Waals surface area contributed by atoms with Crippen LogP contribution in [0.25, 0.3) is 0 Å². The van der Waals surface area contributed by atoms with Crippen molar-refractivity contribution >= 4 is 11.3 Å². The van der Waals surface area contributed by atoms with Gasteiger partial charge in [-0.25, -0.2) is 4.98 Å². The first-order valence-electron chi connectivity index (χ1n) is 4.34. The summed E-state index contributed by atoms with van der Waals surface area (Å²) in [5.41, 5.74) is 5.98. The van der Waals surface area contributed by atoms with Crippen molar-refractivity contribution in [1.82, 2.24) is 4.98 Å². The summed E-state index contributed by atoms with van der Waals surface area (Å²) in [5.74, 6) is 0. The van der Waals surface area contributed by atoms with Crippen molar-refractivity contribution in [1.29, 1.82) is 0 Å². The molecule has 0 radical (unpaired) electrons. The van der Waals surface area contributed by atoms with E-state index in [2.05, 4.69) is 25.8 Å². The largest absolute Gasteiger partial charge is 0.319 e.